The highest BCUT2D eigenvalue weighted by atomic mass is 31.3. The molecule has 4 aromatic rings. The zero-order valence-corrected chi connectivity index (χ0v) is 31.6. The molecule has 11 atom stereocenters. The number of ether oxygens (including phenoxy) is 4. The first-order valence-corrected chi connectivity index (χ1v) is 20.2. The zero-order valence-electron chi connectivity index (χ0n) is 28.9. The summed E-state index contributed by atoms with van der Waals surface area (Å²) in [6.07, 6.45) is -5.57. The number of rotatable bonds is 14. The van der Waals surface area contributed by atoms with E-state index in [0.29, 0.717) is 0 Å². The first kappa shape index (κ1) is 39.9. The average molecular weight is 839 g/mol. The molecule has 0 saturated carbocycles. The zero-order chi connectivity index (χ0) is 39.8. The largest absolute Gasteiger partial charge is 0.756 e. The summed E-state index contributed by atoms with van der Waals surface area (Å²) < 4.78 is 81.9. The number of nitrogens with zero attached hydrogens (tertiary/aromatic N) is 8. The predicted molar refractivity (Wildman–Crippen MR) is 172 cm³/mol. The van der Waals surface area contributed by atoms with Crippen molar-refractivity contribution >= 4 is 57.6 Å². The van der Waals surface area contributed by atoms with E-state index in [1.807, 2.05) is 0 Å². The molecular formula is C25H33N10O17P3-2. The topological polar surface area (TPSA) is 362 Å². The summed E-state index contributed by atoms with van der Waals surface area (Å²) in [7, 11) is -12.2. The molecule has 7 unspecified atom stereocenters. The Bertz CT molecular complexity index is 2320. The molecule has 0 amide bonds. The number of aliphatic hydroxyl groups is 2. The van der Waals surface area contributed by atoms with Crippen molar-refractivity contribution in [3.63, 3.8) is 0 Å². The standard InChI is InChI=1S/C25H35N10O17P3/c1-32(2)24-30-20-13(21(38)31-24)33(3)10-35(20)22-15(37)14(36)11(49-22)5-47-53(39,40)51-55(43,44)52-54(41,42)48-7-25-6-46-16(17(25)45-4)23(50-25)34-9-29-12-18(26)27-8-28-19(12)34/h8-11,14-17,22-23,36-37H,5-7H2,1-4H3,(H5-,26,27,28,30,31,38,39,40,41,42,43,44)/p-2/t11-,14+,15?,16?,17?,22-,23-,25?/m1/s1. The average Bonchev–Trinajstić information content (AvgIpc) is 3.89. The second kappa shape index (κ2) is 14.2. The number of anilines is 2. The van der Waals surface area contributed by atoms with E-state index in [9.17, 15) is 43.4 Å². The Morgan fingerprint density at radius 2 is 1.82 bits per heavy atom. The molecule has 7 rings (SSSR count). The van der Waals surface area contributed by atoms with Gasteiger partial charge in [-0.25, -0.2) is 28.1 Å². The minimum absolute atomic E-state index is 0.0312. The molecule has 3 saturated heterocycles. The number of aromatic nitrogens is 8. The normalized spacial score (nSPS) is 31.2. The van der Waals surface area contributed by atoms with Gasteiger partial charge < -0.3 is 63.5 Å². The summed E-state index contributed by atoms with van der Waals surface area (Å²) in [4.78, 5) is 70.9. The van der Waals surface area contributed by atoms with Crippen molar-refractivity contribution in [3.05, 3.63) is 29.3 Å². The molecular weight excluding hydrogens is 805 g/mol. The van der Waals surface area contributed by atoms with Gasteiger partial charge in [0.25, 0.3) is 35.0 Å². The maximum atomic E-state index is 12.7. The second-order valence-electron chi connectivity index (χ2n) is 12.8. The Morgan fingerprint density at radius 1 is 1.11 bits per heavy atom. The molecule has 3 aliphatic rings. The van der Waals surface area contributed by atoms with Gasteiger partial charge in [0.05, 0.1) is 33.2 Å². The van der Waals surface area contributed by atoms with E-state index in [4.69, 9.17) is 29.2 Å². The number of nitrogens with one attached hydrogen (secondary N) is 1. The number of aliphatic hydroxyl groups excluding tert-OH is 2. The van der Waals surface area contributed by atoms with Crippen LogP contribution in [0.3, 0.4) is 0 Å². The molecule has 3 fully saturated rings. The van der Waals surface area contributed by atoms with Crippen LogP contribution in [0.5, 0.6) is 0 Å². The highest BCUT2D eigenvalue weighted by Crippen LogP contribution is 2.63. The first-order chi connectivity index (χ1) is 25.8. The lowest BCUT2D eigenvalue weighted by molar-refractivity contribution is -0.745. The summed E-state index contributed by atoms with van der Waals surface area (Å²) in [6.45, 7) is -2.33. The molecule has 3 aliphatic heterocycles. The van der Waals surface area contributed by atoms with E-state index < -0.39 is 90.8 Å². The predicted octanol–water partition coefficient (Wildman–Crippen LogP) is -4.19. The van der Waals surface area contributed by atoms with Crippen molar-refractivity contribution in [2.75, 3.05) is 51.7 Å². The first-order valence-electron chi connectivity index (χ1n) is 15.8. The highest BCUT2D eigenvalue weighted by molar-refractivity contribution is 7.65. The lowest BCUT2D eigenvalue weighted by Crippen LogP contribution is -2.46. The van der Waals surface area contributed by atoms with Crippen LogP contribution in [0.1, 0.15) is 12.5 Å². The van der Waals surface area contributed by atoms with Crippen molar-refractivity contribution in [3.8, 4) is 0 Å². The fourth-order valence-electron chi connectivity index (χ4n) is 6.52. The lowest BCUT2D eigenvalue weighted by atomic mass is 10.0. The number of hydrogen-bond acceptors (Lipinski definition) is 23. The van der Waals surface area contributed by atoms with Gasteiger partial charge in [-0.05, 0) is 0 Å². The van der Waals surface area contributed by atoms with Crippen LogP contribution in [0, 0.1) is 0 Å². The van der Waals surface area contributed by atoms with Gasteiger partial charge in [0.15, 0.2) is 24.0 Å². The number of phosphoric acid groups is 3. The van der Waals surface area contributed by atoms with E-state index in [2.05, 4.69) is 38.1 Å². The van der Waals surface area contributed by atoms with Gasteiger partial charge in [-0.3, -0.25) is 32.6 Å². The summed E-state index contributed by atoms with van der Waals surface area (Å²) >= 11 is 0. The van der Waals surface area contributed by atoms with Crippen LogP contribution in [0.4, 0.5) is 11.8 Å². The number of nitrogen functional groups attached to an aromatic ring is 1. The third-order valence-corrected chi connectivity index (χ3v) is 13.1. The Kier molecular flexibility index (Phi) is 10.3. The number of H-pyrrole nitrogens is 1. The maximum Gasteiger partial charge on any atom is 0.313 e. The molecule has 2 bridgehead atoms. The van der Waals surface area contributed by atoms with Crippen LogP contribution in [-0.4, -0.2) is 121 Å². The van der Waals surface area contributed by atoms with Gasteiger partial charge in [-0.1, -0.05) is 4.98 Å². The monoisotopic (exact) mass is 838 g/mol. The molecule has 30 heteroatoms. The van der Waals surface area contributed by atoms with Gasteiger partial charge in [0.1, 0.15) is 48.0 Å². The molecule has 5 N–H and O–H groups in total. The number of aromatic amines is 1. The molecule has 0 aliphatic carbocycles. The summed E-state index contributed by atoms with van der Waals surface area (Å²) in [6, 6.07) is 0. The molecule has 7 heterocycles. The molecule has 0 radical (unpaired) electrons. The Labute approximate surface area is 307 Å². The van der Waals surface area contributed by atoms with Crippen LogP contribution in [0.2, 0.25) is 0 Å². The molecule has 0 aromatic carbocycles. The minimum atomic E-state index is -6.31. The fraction of sp³-hybridized carbons (Fsp3) is 0.600. The number of methoxy groups -OCH3 is 1. The highest BCUT2D eigenvalue weighted by Gasteiger charge is 2.63. The van der Waals surface area contributed by atoms with E-state index in [0.717, 1.165) is 0 Å². The molecule has 0 spiro atoms. The van der Waals surface area contributed by atoms with Crippen LogP contribution in [0.25, 0.3) is 22.3 Å². The van der Waals surface area contributed by atoms with Crippen molar-refractivity contribution in [2.45, 2.75) is 48.6 Å². The number of aryl methyl sites for hydroxylation is 1. The van der Waals surface area contributed by atoms with Crippen molar-refractivity contribution in [1.29, 1.82) is 0 Å². The van der Waals surface area contributed by atoms with Gasteiger partial charge in [-0.15, -0.1) is 0 Å². The maximum absolute atomic E-state index is 12.7. The molecule has 27 nitrogen and oxygen atoms in total. The summed E-state index contributed by atoms with van der Waals surface area (Å²) in [5, 5.41) is 21.4. The number of fused-ring (bicyclic) bond motifs is 4. The third-order valence-electron chi connectivity index (χ3n) is 8.95. The van der Waals surface area contributed by atoms with E-state index in [-0.39, 0.29) is 40.7 Å². The minimum Gasteiger partial charge on any atom is -0.756 e. The van der Waals surface area contributed by atoms with Crippen LogP contribution in [-0.2, 0) is 57.4 Å². The van der Waals surface area contributed by atoms with Crippen LogP contribution >= 0.6 is 23.5 Å². The van der Waals surface area contributed by atoms with Gasteiger partial charge >= 0.3 is 5.65 Å². The smallest absolute Gasteiger partial charge is 0.313 e. The quantitative estimate of drug-likeness (QED) is 0.0691. The number of hydrogen-bond donors (Lipinski definition) is 4. The Hall–Kier alpha value is -3.33. The summed E-state index contributed by atoms with van der Waals surface area (Å²) in [5.41, 5.74) is 4.28. The summed E-state index contributed by atoms with van der Waals surface area (Å²) in [5.74, 6) is 0.231. The van der Waals surface area contributed by atoms with E-state index >= 15 is 0 Å². The fourth-order valence-corrected chi connectivity index (χ4v) is 9.95. The Morgan fingerprint density at radius 3 is 2.51 bits per heavy atom. The van der Waals surface area contributed by atoms with E-state index in [1.54, 1.807) is 14.1 Å². The van der Waals surface area contributed by atoms with Crippen molar-refractivity contribution in [1.82, 2.24) is 34.1 Å². The van der Waals surface area contributed by atoms with Gasteiger partial charge in [0.2, 0.25) is 11.7 Å². The van der Waals surface area contributed by atoms with Crippen molar-refractivity contribution < 1.29 is 79.8 Å². The Balaban J connectivity index is 0.976. The lowest BCUT2D eigenvalue weighted by Gasteiger charge is -2.36. The number of imidazole rings is 2. The molecule has 302 valence electrons. The third kappa shape index (κ3) is 7.36. The van der Waals surface area contributed by atoms with E-state index in [1.165, 1.54) is 51.7 Å². The van der Waals surface area contributed by atoms with Crippen molar-refractivity contribution in [2.24, 2.45) is 7.05 Å². The molecule has 4 aromatic heterocycles. The van der Waals surface area contributed by atoms with Gasteiger partial charge in [0, 0.05) is 21.2 Å². The second-order valence-corrected chi connectivity index (χ2v) is 17.3. The SMILES string of the molecule is COC1C2OCC1(COP(=O)([O-])OP(=O)([O-])OP(=O)([O-])OC[C@H]1O[C@@H]([n+]3cn(C)c4c(=O)[nH]c(N(C)C)nc43)C(O)[C@H]1O)O[C@H]2n1cnc2c(N)ncnc21. The number of phosphoric ester groups is 2. The molecule has 55 heavy (non-hydrogen) atoms. The van der Waals surface area contributed by atoms with Crippen LogP contribution in [0.15, 0.2) is 23.8 Å². The van der Waals surface area contributed by atoms with Gasteiger partial charge in [-0.2, -0.15) is 0 Å². The number of nitrogens with two attached hydrogens (primary N) is 1. The van der Waals surface area contributed by atoms with Crippen LogP contribution < -0.4 is 35.4 Å².